The van der Waals surface area contributed by atoms with Crippen LogP contribution in [0.3, 0.4) is 0 Å². The van der Waals surface area contributed by atoms with E-state index in [9.17, 15) is 0 Å². The van der Waals surface area contributed by atoms with Gasteiger partial charge in [-0.2, -0.15) is 0 Å². The quantitative estimate of drug-likeness (QED) is 0.550. The van der Waals surface area contributed by atoms with E-state index in [-0.39, 0.29) is 0 Å². The minimum absolute atomic E-state index is 0.796. The first-order chi connectivity index (χ1) is 7.13. The predicted molar refractivity (Wildman–Crippen MR) is 66.0 cm³/mol. The molecule has 0 bridgehead atoms. The van der Waals surface area contributed by atoms with Gasteiger partial charge in [0.2, 0.25) is 0 Å². The van der Waals surface area contributed by atoms with E-state index in [2.05, 4.69) is 0 Å². The van der Waals surface area contributed by atoms with Crippen LogP contribution in [0.2, 0.25) is 5.02 Å². The lowest BCUT2D eigenvalue weighted by molar-refractivity contribution is 0.294. The number of ether oxygens (including phenoxy) is 1. The minimum atomic E-state index is 0.796. The molecule has 0 heterocycles. The number of hydrogen-bond donors (Lipinski definition) is 0. The van der Waals surface area contributed by atoms with E-state index in [0.29, 0.717) is 0 Å². The molecular formula is C13H15ClO. The molecule has 0 saturated heterocycles. The smallest absolute Gasteiger partial charge is 0.0924 e. The molecule has 1 rings (SSSR count). The van der Waals surface area contributed by atoms with Gasteiger partial charge in [-0.15, -0.1) is 0 Å². The molecule has 0 aromatic heterocycles. The Kier molecular flexibility index (Phi) is 4.44. The molecular weight excluding hydrogens is 208 g/mol. The van der Waals surface area contributed by atoms with Crippen LogP contribution in [0.4, 0.5) is 0 Å². The lowest BCUT2D eigenvalue weighted by Crippen LogP contribution is -1.78. The second kappa shape index (κ2) is 5.62. The average molecular weight is 223 g/mol. The third-order valence-corrected chi connectivity index (χ3v) is 2.54. The molecule has 0 saturated carbocycles. The maximum Gasteiger partial charge on any atom is 0.0924 e. The van der Waals surface area contributed by atoms with Gasteiger partial charge in [-0.05, 0) is 37.1 Å². The molecule has 1 aromatic rings. The van der Waals surface area contributed by atoms with Crippen LogP contribution in [0.1, 0.15) is 18.1 Å². The van der Waals surface area contributed by atoms with E-state index in [1.165, 1.54) is 0 Å². The van der Waals surface area contributed by atoms with Crippen LogP contribution >= 0.6 is 11.6 Å². The fourth-order valence-electron chi connectivity index (χ4n) is 1.08. The molecule has 0 N–H and O–H groups in total. The Bertz CT molecular complexity index is 392. The van der Waals surface area contributed by atoms with Crippen LogP contribution in [0.25, 0.3) is 6.08 Å². The maximum absolute atomic E-state index is 6.01. The summed E-state index contributed by atoms with van der Waals surface area (Å²) in [5, 5.41) is 0.796. The van der Waals surface area contributed by atoms with Crippen molar-refractivity contribution >= 4 is 17.7 Å². The van der Waals surface area contributed by atoms with Gasteiger partial charge >= 0.3 is 0 Å². The Morgan fingerprint density at radius 3 is 2.73 bits per heavy atom. The number of rotatable bonds is 3. The van der Waals surface area contributed by atoms with E-state index in [4.69, 9.17) is 16.3 Å². The zero-order valence-corrected chi connectivity index (χ0v) is 10.0. The molecule has 0 fully saturated rings. The number of halogens is 1. The Hall–Kier alpha value is -1.21. The van der Waals surface area contributed by atoms with Crippen LogP contribution in [0.5, 0.6) is 0 Å². The highest BCUT2D eigenvalue weighted by molar-refractivity contribution is 6.31. The molecule has 0 amide bonds. The van der Waals surface area contributed by atoms with E-state index >= 15 is 0 Å². The number of methoxy groups -OCH3 is 1. The summed E-state index contributed by atoms with van der Waals surface area (Å²) in [7, 11) is 1.66. The molecule has 1 nitrogen and oxygen atoms in total. The summed E-state index contributed by atoms with van der Waals surface area (Å²) in [5.41, 5.74) is 2.18. The topological polar surface area (TPSA) is 9.23 Å². The molecule has 0 atom stereocenters. The molecule has 0 aliphatic heterocycles. The SMILES string of the molecule is CO/C(C)=C\C=C\c1ccc(C)c(Cl)c1. The van der Waals surface area contributed by atoms with Gasteiger partial charge in [0.05, 0.1) is 12.9 Å². The Labute approximate surface area is 96.0 Å². The monoisotopic (exact) mass is 222 g/mol. The first-order valence-corrected chi connectivity index (χ1v) is 5.16. The molecule has 0 unspecified atom stereocenters. The zero-order valence-electron chi connectivity index (χ0n) is 9.25. The van der Waals surface area contributed by atoms with Crippen LogP contribution < -0.4 is 0 Å². The summed E-state index contributed by atoms with van der Waals surface area (Å²) in [4.78, 5) is 0. The molecule has 0 radical (unpaired) electrons. The molecule has 0 aliphatic carbocycles. The van der Waals surface area contributed by atoms with Gasteiger partial charge in [-0.25, -0.2) is 0 Å². The number of hydrogen-bond acceptors (Lipinski definition) is 1. The molecule has 80 valence electrons. The second-order valence-electron chi connectivity index (χ2n) is 3.35. The zero-order chi connectivity index (χ0) is 11.3. The summed E-state index contributed by atoms with van der Waals surface area (Å²) < 4.78 is 5.01. The van der Waals surface area contributed by atoms with Crippen molar-refractivity contribution in [3.05, 3.63) is 52.3 Å². The highest BCUT2D eigenvalue weighted by atomic mass is 35.5. The molecule has 0 aliphatic rings. The summed E-state index contributed by atoms with van der Waals surface area (Å²) in [6.45, 7) is 3.90. The number of aryl methyl sites for hydroxylation is 1. The highest BCUT2D eigenvalue weighted by Crippen LogP contribution is 2.17. The van der Waals surface area contributed by atoms with Crippen molar-refractivity contribution in [2.24, 2.45) is 0 Å². The van der Waals surface area contributed by atoms with Gasteiger partial charge in [0.25, 0.3) is 0 Å². The lowest BCUT2D eigenvalue weighted by atomic mass is 10.1. The van der Waals surface area contributed by atoms with Crippen molar-refractivity contribution in [2.75, 3.05) is 7.11 Å². The van der Waals surface area contributed by atoms with Crippen LogP contribution in [-0.2, 0) is 4.74 Å². The van der Waals surface area contributed by atoms with Crippen LogP contribution in [0, 0.1) is 6.92 Å². The third-order valence-electron chi connectivity index (χ3n) is 2.14. The highest BCUT2D eigenvalue weighted by Gasteiger charge is 1.93. The van der Waals surface area contributed by atoms with Gasteiger partial charge in [-0.3, -0.25) is 0 Å². The summed E-state index contributed by atoms with van der Waals surface area (Å²) in [6, 6.07) is 5.99. The fourth-order valence-corrected chi connectivity index (χ4v) is 1.26. The first kappa shape index (κ1) is 11.9. The summed E-state index contributed by atoms with van der Waals surface area (Å²) in [6.07, 6.45) is 5.85. The summed E-state index contributed by atoms with van der Waals surface area (Å²) >= 11 is 6.01. The molecule has 0 spiro atoms. The van der Waals surface area contributed by atoms with Crippen LogP contribution in [0.15, 0.2) is 36.1 Å². The second-order valence-corrected chi connectivity index (χ2v) is 3.76. The standard InChI is InChI=1S/C13H15ClO/c1-10-7-8-12(9-13(10)14)6-4-5-11(2)15-3/h4-9H,1-3H3/b6-4+,11-5-. The van der Waals surface area contributed by atoms with Gasteiger partial charge in [0.1, 0.15) is 0 Å². The van der Waals surface area contributed by atoms with Crippen molar-refractivity contribution < 1.29 is 4.74 Å². The van der Waals surface area contributed by atoms with E-state index in [1.807, 2.05) is 50.3 Å². The molecule has 2 heteroatoms. The predicted octanol–water partition coefficient (Wildman–Crippen LogP) is 4.21. The Morgan fingerprint density at radius 2 is 2.13 bits per heavy atom. The van der Waals surface area contributed by atoms with Crippen molar-refractivity contribution in [1.82, 2.24) is 0 Å². The minimum Gasteiger partial charge on any atom is -0.501 e. The fraction of sp³-hybridized carbons (Fsp3) is 0.231. The van der Waals surface area contributed by atoms with Gasteiger partial charge in [0, 0.05) is 5.02 Å². The maximum atomic E-state index is 6.01. The Balaban J connectivity index is 2.77. The van der Waals surface area contributed by atoms with E-state index < -0.39 is 0 Å². The first-order valence-electron chi connectivity index (χ1n) is 4.78. The lowest BCUT2D eigenvalue weighted by Gasteiger charge is -1.98. The molecule has 1 aromatic carbocycles. The normalized spacial score (nSPS) is 12.1. The number of benzene rings is 1. The van der Waals surface area contributed by atoms with Gasteiger partial charge in [0.15, 0.2) is 0 Å². The van der Waals surface area contributed by atoms with Crippen LogP contribution in [-0.4, -0.2) is 7.11 Å². The number of allylic oxidation sites excluding steroid dienone is 3. The average Bonchev–Trinajstić information content (AvgIpc) is 2.23. The van der Waals surface area contributed by atoms with Crippen molar-refractivity contribution in [3.63, 3.8) is 0 Å². The molecule has 15 heavy (non-hydrogen) atoms. The van der Waals surface area contributed by atoms with Crippen molar-refractivity contribution in [2.45, 2.75) is 13.8 Å². The Morgan fingerprint density at radius 1 is 1.40 bits per heavy atom. The summed E-state index contributed by atoms with van der Waals surface area (Å²) in [5.74, 6) is 0.879. The van der Waals surface area contributed by atoms with E-state index in [0.717, 1.165) is 21.9 Å². The van der Waals surface area contributed by atoms with E-state index in [1.54, 1.807) is 7.11 Å². The van der Waals surface area contributed by atoms with Gasteiger partial charge < -0.3 is 4.74 Å². The van der Waals surface area contributed by atoms with Gasteiger partial charge in [-0.1, -0.05) is 35.9 Å². The largest absolute Gasteiger partial charge is 0.501 e. The van der Waals surface area contributed by atoms with Crippen molar-refractivity contribution in [3.8, 4) is 0 Å². The van der Waals surface area contributed by atoms with Crippen molar-refractivity contribution in [1.29, 1.82) is 0 Å². The third kappa shape index (κ3) is 3.80.